The summed E-state index contributed by atoms with van der Waals surface area (Å²) >= 11 is 0. The van der Waals surface area contributed by atoms with Crippen molar-refractivity contribution in [2.75, 3.05) is 7.11 Å². The number of ether oxygens (including phenoxy) is 1. The van der Waals surface area contributed by atoms with E-state index >= 15 is 0 Å². The summed E-state index contributed by atoms with van der Waals surface area (Å²) < 4.78 is 4.62. The summed E-state index contributed by atoms with van der Waals surface area (Å²) in [5.74, 6) is -0.359. The number of hydrogen-bond acceptors (Lipinski definition) is 3. The molecule has 17 heavy (non-hydrogen) atoms. The zero-order valence-corrected chi connectivity index (χ0v) is 10.9. The van der Waals surface area contributed by atoms with Crippen LogP contribution >= 0.6 is 0 Å². The number of hydrogen-bond donors (Lipinski definition) is 1. The molecule has 0 bridgehead atoms. The van der Waals surface area contributed by atoms with E-state index in [4.69, 9.17) is 0 Å². The molecule has 1 aromatic carbocycles. The minimum atomic E-state index is -0.498. The van der Waals surface area contributed by atoms with Gasteiger partial charge in [-0.25, -0.2) is 4.79 Å². The molecule has 0 saturated heterocycles. The second-order valence-corrected chi connectivity index (χ2v) is 5.39. The normalized spacial score (nSPS) is 13.2. The van der Waals surface area contributed by atoms with Crippen LogP contribution in [0.15, 0.2) is 24.3 Å². The predicted octanol–water partition coefficient (Wildman–Crippen LogP) is 2.94. The highest BCUT2D eigenvalue weighted by Gasteiger charge is 2.18. The molecule has 0 saturated carbocycles. The Hall–Kier alpha value is -1.35. The van der Waals surface area contributed by atoms with Crippen LogP contribution in [-0.4, -0.2) is 18.2 Å². The van der Waals surface area contributed by atoms with Crippen molar-refractivity contribution in [1.29, 1.82) is 0 Å². The van der Waals surface area contributed by atoms with Gasteiger partial charge >= 0.3 is 5.97 Å². The molecule has 1 N–H and O–H groups in total. The highest BCUT2D eigenvalue weighted by Crippen LogP contribution is 2.29. The van der Waals surface area contributed by atoms with E-state index < -0.39 is 6.10 Å². The lowest BCUT2D eigenvalue weighted by Crippen LogP contribution is -2.11. The maximum absolute atomic E-state index is 11.2. The average molecular weight is 236 g/mol. The number of benzene rings is 1. The summed E-state index contributed by atoms with van der Waals surface area (Å²) in [6.07, 6.45) is 0.187. The van der Waals surface area contributed by atoms with Crippen molar-refractivity contribution in [1.82, 2.24) is 0 Å². The van der Waals surface area contributed by atoms with Crippen LogP contribution in [0.4, 0.5) is 0 Å². The van der Waals surface area contributed by atoms with Crippen molar-refractivity contribution < 1.29 is 14.6 Å². The van der Waals surface area contributed by atoms with Crippen LogP contribution in [0.1, 0.15) is 49.2 Å². The van der Waals surface area contributed by atoms with Crippen LogP contribution in [0, 0.1) is 5.41 Å². The van der Waals surface area contributed by atoms with Crippen molar-refractivity contribution in [3.05, 3.63) is 35.4 Å². The molecule has 0 aliphatic heterocycles. The molecule has 0 heterocycles. The summed E-state index contributed by atoms with van der Waals surface area (Å²) in [4.78, 5) is 11.2. The van der Waals surface area contributed by atoms with E-state index in [1.54, 1.807) is 24.3 Å². The first-order valence-corrected chi connectivity index (χ1v) is 5.70. The van der Waals surface area contributed by atoms with Crippen LogP contribution in [0.3, 0.4) is 0 Å². The molecule has 1 aromatic rings. The topological polar surface area (TPSA) is 46.5 Å². The van der Waals surface area contributed by atoms with Gasteiger partial charge in [0.2, 0.25) is 0 Å². The molecular formula is C14H20O3. The molecule has 0 radical (unpaired) electrons. The lowest BCUT2D eigenvalue weighted by atomic mass is 9.87. The highest BCUT2D eigenvalue weighted by atomic mass is 16.5. The monoisotopic (exact) mass is 236 g/mol. The summed E-state index contributed by atoms with van der Waals surface area (Å²) in [7, 11) is 1.35. The van der Waals surface area contributed by atoms with E-state index in [-0.39, 0.29) is 11.4 Å². The Bertz CT molecular complexity index is 373. The van der Waals surface area contributed by atoms with Gasteiger partial charge in [-0.05, 0) is 29.5 Å². The van der Waals surface area contributed by atoms with Gasteiger partial charge in [-0.15, -0.1) is 0 Å². The van der Waals surface area contributed by atoms with Crippen molar-refractivity contribution >= 4 is 5.97 Å². The van der Waals surface area contributed by atoms with E-state index in [1.165, 1.54) is 7.11 Å². The van der Waals surface area contributed by atoms with Gasteiger partial charge in [0.1, 0.15) is 0 Å². The minimum Gasteiger partial charge on any atom is -0.465 e. The van der Waals surface area contributed by atoms with Crippen LogP contribution in [0.2, 0.25) is 0 Å². The largest absolute Gasteiger partial charge is 0.465 e. The van der Waals surface area contributed by atoms with Crippen LogP contribution < -0.4 is 0 Å². The number of rotatable bonds is 3. The fourth-order valence-corrected chi connectivity index (χ4v) is 1.66. The highest BCUT2D eigenvalue weighted by molar-refractivity contribution is 5.89. The molecule has 0 amide bonds. The van der Waals surface area contributed by atoms with Crippen molar-refractivity contribution in [3.63, 3.8) is 0 Å². The molecule has 3 nitrogen and oxygen atoms in total. The molecule has 94 valence electrons. The van der Waals surface area contributed by atoms with Crippen LogP contribution in [0.5, 0.6) is 0 Å². The van der Waals surface area contributed by atoms with Crippen molar-refractivity contribution in [3.8, 4) is 0 Å². The molecule has 0 aliphatic carbocycles. The first-order valence-electron chi connectivity index (χ1n) is 5.70. The molecule has 0 unspecified atom stereocenters. The second kappa shape index (κ2) is 5.32. The Morgan fingerprint density at radius 2 is 1.82 bits per heavy atom. The lowest BCUT2D eigenvalue weighted by molar-refractivity contribution is 0.0600. The number of carbonyl (C=O) groups excluding carboxylic acids is 1. The van der Waals surface area contributed by atoms with Gasteiger partial charge in [0.05, 0.1) is 18.8 Å². The third-order valence-electron chi connectivity index (χ3n) is 2.52. The van der Waals surface area contributed by atoms with Crippen LogP contribution in [-0.2, 0) is 4.74 Å². The third-order valence-corrected chi connectivity index (χ3v) is 2.52. The van der Waals surface area contributed by atoms with Gasteiger partial charge in [0.15, 0.2) is 0 Å². The number of aliphatic hydroxyl groups excluding tert-OH is 1. The van der Waals surface area contributed by atoms with E-state index in [9.17, 15) is 9.90 Å². The fraction of sp³-hybridized carbons (Fsp3) is 0.500. The number of carbonyl (C=O) groups is 1. The van der Waals surface area contributed by atoms with Gasteiger partial charge < -0.3 is 9.84 Å². The van der Waals surface area contributed by atoms with Gasteiger partial charge in [-0.1, -0.05) is 32.9 Å². The second-order valence-electron chi connectivity index (χ2n) is 5.39. The molecule has 0 aliphatic rings. The van der Waals surface area contributed by atoms with E-state index in [0.717, 1.165) is 5.56 Å². The number of esters is 1. The molecule has 1 atom stereocenters. The Morgan fingerprint density at radius 3 is 2.24 bits per heavy atom. The summed E-state index contributed by atoms with van der Waals surface area (Å²) in [5.41, 5.74) is 1.40. The Labute approximate surface area is 102 Å². The van der Waals surface area contributed by atoms with Gasteiger partial charge in [0.25, 0.3) is 0 Å². The zero-order chi connectivity index (χ0) is 13.1. The van der Waals surface area contributed by atoms with Crippen LogP contribution in [0.25, 0.3) is 0 Å². The maximum atomic E-state index is 11.2. The van der Waals surface area contributed by atoms with Gasteiger partial charge in [0, 0.05) is 0 Å². The predicted molar refractivity (Wildman–Crippen MR) is 66.8 cm³/mol. The molecule has 1 rings (SSSR count). The molecule has 0 aromatic heterocycles. The lowest BCUT2D eigenvalue weighted by Gasteiger charge is -2.22. The third kappa shape index (κ3) is 4.19. The van der Waals surface area contributed by atoms with E-state index in [1.807, 2.05) is 0 Å². The van der Waals surface area contributed by atoms with Gasteiger partial charge in [-0.2, -0.15) is 0 Å². The Balaban J connectivity index is 2.77. The summed E-state index contributed by atoms with van der Waals surface area (Å²) in [6, 6.07) is 6.88. The Kier molecular flexibility index (Phi) is 4.29. The summed E-state index contributed by atoms with van der Waals surface area (Å²) in [5, 5.41) is 10.0. The average Bonchev–Trinajstić information content (AvgIpc) is 2.26. The molecular weight excluding hydrogens is 216 g/mol. The number of aliphatic hydroxyl groups is 1. The van der Waals surface area contributed by atoms with Gasteiger partial charge in [-0.3, -0.25) is 0 Å². The van der Waals surface area contributed by atoms with E-state index in [0.29, 0.717) is 12.0 Å². The fourth-order valence-electron chi connectivity index (χ4n) is 1.66. The smallest absolute Gasteiger partial charge is 0.337 e. The molecule has 3 heteroatoms. The standard InChI is InChI=1S/C14H20O3/c1-14(2,3)9-12(15)10-5-7-11(8-6-10)13(16)17-4/h5-8,12,15H,9H2,1-4H3/t12-/m1/s1. The number of methoxy groups -OCH3 is 1. The molecule has 0 spiro atoms. The summed E-state index contributed by atoms with van der Waals surface area (Å²) in [6.45, 7) is 6.25. The first kappa shape index (κ1) is 13.7. The van der Waals surface area contributed by atoms with Crippen molar-refractivity contribution in [2.24, 2.45) is 5.41 Å². The van der Waals surface area contributed by atoms with E-state index in [2.05, 4.69) is 25.5 Å². The molecule has 0 fully saturated rings. The van der Waals surface area contributed by atoms with Crippen molar-refractivity contribution in [2.45, 2.75) is 33.3 Å². The Morgan fingerprint density at radius 1 is 1.29 bits per heavy atom. The maximum Gasteiger partial charge on any atom is 0.337 e. The zero-order valence-electron chi connectivity index (χ0n) is 10.9. The quantitative estimate of drug-likeness (QED) is 0.821. The SMILES string of the molecule is COC(=O)c1ccc([C@H](O)CC(C)(C)C)cc1. The first-order chi connectivity index (χ1) is 7.83. The minimum absolute atomic E-state index is 0.0699.